The fourth-order valence-corrected chi connectivity index (χ4v) is 2.65. The van der Waals surface area contributed by atoms with Gasteiger partial charge < -0.3 is 20.6 Å². The molecule has 3 N–H and O–H groups in total. The summed E-state index contributed by atoms with van der Waals surface area (Å²) in [4.78, 5) is 4.52. The third kappa shape index (κ3) is 4.67. The van der Waals surface area contributed by atoms with E-state index < -0.39 is 11.9 Å². The van der Waals surface area contributed by atoms with Crippen molar-refractivity contribution in [2.45, 2.75) is 26.4 Å². The predicted molar refractivity (Wildman–Crippen MR) is 101 cm³/mol. The second-order valence-electron chi connectivity index (χ2n) is 5.87. The Labute approximate surface area is 153 Å². The first-order chi connectivity index (χ1) is 12.5. The number of aliphatic hydroxyl groups excluding tert-OH is 1. The second-order valence-corrected chi connectivity index (χ2v) is 5.87. The monoisotopic (exact) mass is 357 g/mol. The molecule has 0 saturated heterocycles. The smallest absolute Gasteiger partial charge is 0.213 e. The Morgan fingerprint density at radius 3 is 2.77 bits per heavy atom. The fraction of sp³-hybridized carbons (Fsp3) is 0.300. The van der Waals surface area contributed by atoms with Crippen molar-refractivity contribution in [3.63, 3.8) is 0 Å². The summed E-state index contributed by atoms with van der Waals surface area (Å²) in [6.45, 7) is 4.33. The van der Waals surface area contributed by atoms with E-state index in [1.165, 1.54) is 25.5 Å². The number of pyridine rings is 1. The van der Waals surface area contributed by atoms with E-state index in [-0.39, 0.29) is 0 Å². The Hall–Kier alpha value is -2.73. The molecule has 0 spiro atoms. The third-order valence-electron chi connectivity index (χ3n) is 3.95. The van der Waals surface area contributed by atoms with E-state index >= 15 is 0 Å². The molecule has 1 aromatic carbocycles. The first kappa shape index (κ1) is 19.6. The Morgan fingerprint density at radius 2 is 2.15 bits per heavy atom. The van der Waals surface area contributed by atoms with Gasteiger partial charge in [0.15, 0.2) is 0 Å². The van der Waals surface area contributed by atoms with Gasteiger partial charge in [-0.25, -0.2) is 9.37 Å². The predicted octanol–water partition coefficient (Wildman–Crippen LogP) is 3.64. The number of methoxy groups -OCH3 is 1. The van der Waals surface area contributed by atoms with Crippen molar-refractivity contribution in [1.29, 1.82) is 5.41 Å². The van der Waals surface area contributed by atoms with Crippen LogP contribution in [0.2, 0.25) is 0 Å². The van der Waals surface area contributed by atoms with Crippen LogP contribution in [-0.4, -0.2) is 30.0 Å². The summed E-state index contributed by atoms with van der Waals surface area (Å²) < 4.78 is 18.9. The van der Waals surface area contributed by atoms with Crippen LogP contribution in [0.3, 0.4) is 0 Å². The quantitative estimate of drug-likeness (QED) is 0.631. The summed E-state index contributed by atoms with van der Waals surface area (Å²) in [5.41, 5.74) is 3.33. The number of rotatable bonds is 8. The van der Waals surface area contributed by atoms with Crippen LogP contribution in [-0.2, 0) is 6.42 Å². The zero-order valence-corrected chi connectivity index (χ0v) is 15.2. The van der Waals surface area contributed by atoms with Gasteiger partial charge in [0.05, 0.1) is 18.9 Å². The molecule has 1 aromatic heterocycles. The number of nitrogens with one attached hydrogen (secondary N) is 2. The molecule has 6 heteroatoms. The minimum atomic E-state index is -0.846. The van der Waals surface area contributed by atoms with Crippen molar-refractivity contribution in [2.24, 2.45) is 0 Å². The Balaban J connectivity index is 2.58. The highest BCUT2D eigenvalue weighted by Crippen LogP contribution is 2.32. The molecule has 0 amide bonds. The first-order valence-corrected chi connectivity index (χ1v) is 8.44. The molecular formula is C20H24FN3O2. The number of aromatic nitrogens is 1. The summed E-state index contributed by atoms with van der Waals surface area (Å²) in [6, 6.07) is 7.90. The van der Waals surface area contributed by atoms with Crippen LogP contribution in [0, 0.1) is 11.2 Å². The fourth-order valence-electron chi connectivity index (χ4n) is 2.65. The van der Waals surface area contributed by atoms with E-state index in [9.17, 15) is 9.50 Å². The minimum absolute atomic E-state index is 0.415. The number of halogens is 1. The lowest BCUT2D eigenvalue weighted by Gasteiger charge is -2.16. The van der Waals surface area contributed by atoms with Crippen LogP contribution >= 0.6 is 0 Å². The Bertz CT molecular complexity index is 804. The molecule has 0 radical (unpaired) electrons. The average molecular weight is 357 g/mol. The molecule has 0 fully saturated rings. The van der Waals surface area contributed by atoms with E-state index in [1.54, 1.807) is 25.3 Å². The summed E-state index contributed by atoms with van der Waals surface area (Å²) >= 11 is 0. The van der Waals surface area contributed by atoms with Crippen molar-refractivity contribution in [1.82, 2.24) is 10.3 Å². The zero-order valence-electron chi connectivity index (χ0n) is 15.2. The molecular weight excluding hydrogens is 333 g/mol. The average Bonchev–Trinajstić information content (AvgIpc) is 2.65. The van der Waals surface area contributed by atoms with Crippen molar-refractivity contribution >= 4 is 6.21 Å². The van der Waals surface area contributed by atoms with Gasteiger partial charge in [-0.3, -0.25) is 0 Å². The lowest BCUT2D eigenvalue weighted by Crippen LogP contribution is -2.07. The number of benzene rings is 1. The van der Waals surface area contributed by atoms with E-state index in [4.69, 9.17) is 10.1 Å². The molecule has 0 aliphatic heterocycles. The van der Waals surface area contributed by atoms with Crippen LogP contribution in [0.15, 0.2) is 42.1 Å². The molecule has 26 heavy (non-hydrogen) atoms. The standard InChI is InChI=1S/C20H24FN3O2/c1-4-23-12-14(11-22)9-15-5-8-19(26-3)24-20(15)17-7-6-16(21)10-18(17)13(2)25/h5-8,10-13,22-23,25H,4,9H2,1-3H3/b14-12-,22-11?/t13-/m1/s1. The van der Waals surface area contributed by atoms with Crippen molar-refractivity contribution < 1.29 is 14.2 Å². The number of hydrogen-bond donors (Lipinski definition) is 3. The van der Waals surface area contributed by atoms with Gasteiger partial charge in [0.1, 0.15) is 5.82 Å². The molecule has 0 unspecified atom stereocenters. The number of aliphatic hydroxyl groups is 1. The van der Waals surface area contributed by atoms with Gasteiger partial charge >= 0.3 is 0 Å². The minimum Gasteiger partial charge on any atom is -0.481 e. The maximum atomic E-state index is 13.7. The molecule has 0 bridgehead atoms. The van der Waals surface area contributed by atoms with Crippen molar-refractivity contribution in [3.8, 4) is 17.1 Å². The molecule has 2 rings (SSSR count). The topological polar surface area (TPSA) is 78.2 Å². The molecule has 0 aliphatic carbocycles. The van der Waals surface area contributed by atoms with Crippen molar-refractivity contribution in [3.05, 3.63) is 59.0 Å². The van der Waals surface area contributed by atoms with Crippen LogP contribution in [0.1, 0.15) is 31.1 Å². The summed E-state index contributed by atoms with van der Waals surface area (Å²) in [7, 11) is 1.53. The third-order valence-corrected chi connectivity index (χ3v) is 3.95. The first-order valence-electron chi connectivity index (χ1n) is 8.44. The highest BCUT2D eigenvalue weighted by atomic mass is 19.1. The van der Waals surface area contributed by atoms with Crippen LogP contribution in [0.25, 0.3) is 11.3 Å². The van der Waals surface area contributed by atoms with Crippen LogP contribution < -0.4 is 10.1 Å². The summed E-state index contributed by atoms with van der Waals surface area (Å²) in [5.74, 6) is 0.0120. The van der Waals surface area contributed by atoms with Gasteiger partial charge in [-0.05, 0) is 48.7 Å². The number of hydrogen-bond acceptors (Lipinski definition) is 5. The Kier molecular flexibility index (Phi) is 6.86. The molecule has 2 aromatic rings. The SMILES string of the molecule is CCN/C=C(\C=N)Cc1ccc(OC)nc1-c1ccc(F)cc1[C@@H](C)O. The molecule has 0 saturated carbocycles. The largest absolute Gasteiger partial charge is 0.481 e. The molecule has 1 heterocycles. The molecule has 5 nitrogen and oxygen atoms in total. The number of nitrogens with zero attached hydrogens (tertiary/aromatic N) is 1. The molecule has 1 atom stereocenters. The van der Waals surface area contributed by atoms with E-state index in [0.717, 1.165) is 17.7 Å². The molecule has 0 aliphatic rings. The van der Waals surface area contributed by atoms with Gasteiger partial charge in [-0.15, -0.1) is 0 Å². The number of allylic oxidation sites excluding steroid dienone is 1. The maximum absolute atomic E-state index is 13.7. The normalized spacial score (nSPS) is 12.6. The lowest BCUT2D eigenvalue weighted by molar-refractivity contribution is 0.199. The Morgan fingerprint density at radius 1 is 1.38 bits per heavy atom. The number of ether oxygens (including phenoxy) is 1. The van der Waals surface area contributed by atoms with Crippen LogP contribution in [0.4, 0.5) is 4.39 Å². The summed E-state index contributed by atoms with van der Waals surface area (Å²) in [5, 5.41) is 20.8. The van der Waals surface area contributed by atoms with Gasteiger partial charge in [-0.2, -0.15) is 0 Å². The van der Waals surface area contributed by atoms with Gasteiger partial charge in [0.25, 0.3) is 0 Å². The van der Waals surface area contributed by atoms with Crippen LogP contribution in [0.5, 0.6) is 5.88 Å². The lowest BCUT2D eigenvalue weighted by atomic mass is 9.94. The second kappa shape index (κ2) is 9.10. The highest BCUT2D eigenvalue weighted by Gasteiger charge is 2.17. The van der Waals surface area contributed by atoms with E-state index in [2.05, 4.69) is 10.3 Å². The van der Waals surface area contributed by atoms with Crippen molar-refractivity contribution in [2.75, 3.05) is 13.7 Å². The van der Waals surface area contributed by atoms with E-state index in [0.29, 0.717) is 29.1 Å². The highest BCUT2D eigenvalue weighted by molar-refractivity contribution is 5.78. The van der Waals surface area contributed by atoms with E-state index in [1.807, 2.05) is 13.0 Å². The maximum Gasteiger partial charge on any atom is 0.213 e. The van der Waals surface area contributed by atoms with Gasteiger partial charge in [0.2, 0.25) is 5.88 Å². The zero-order chi connectivity index (χ0) is 19.1. The molecule has 138 valence electrons. The van der Waals surface area contributed by atoms with Gasteiger partial charge in [-0.1, -0.05) is 6.07 Å². The summed E-state index contributed by atoms with van der Waals surface area (Å²) in [6.07, 6.45) is 2.71. The van der Waals surface area contributed by atoms with Gasteiger partial charge in [0, 0.05) is 37.0 Å².